The van der Waals surface area contributed by atoms with E-state index >= 15 is 0 Å². The van der Waals surface area contributed by atoms with Gasteiger partial charge >= 0.3 is 5.97 Å². The van der Waals surface area contributed by atoms with Gasteiger partial charge in [0.15, 0.2) is 5.75 Å². The largest absolute Gasteiger partial charge is 0.466 e. The Kier molecular flexibility index (Phi) is 17.6. The molecule has 36 heavy (non-hydrogen) atoms. The number of esters is 1. The first kappa shape index (κ1) is 32.5. The third-order valence-electron chi connectivity index (χ3n) is 7.11. The predicted octanol–water partition coefficient (Wildman–Crippen LogP) is 9.88. The van der Waals surface area contributed by atoms with Crippen LogP contribution in [0.25, 0.3) is 0 Å². The van der Waals surface area contributed by atoms with Gasteiger partial charge in [0.25, 0.3) is 0 Å². The van der Waals surface area contributed by atoms with Crippen LogP contribution < -0.4 is 4.89 Å². The van der Waals surface area contributed by atoms with Crippen molar-refractivity contribution in [3.63, 3.8) is 0 Å². The molecule has 0 bridgehead atoms. The fourth-order valence-electron chi connectivity index (χ4n) is 4.83. The first-order chi connectivity index (χ1) is 17.3. The van der Waals surface area contributed by atoms with Gasteiger partial charge in [0, 0.05) is 12.0 Å². The number of benzene rings is 1. The van der Waals surface area contributed by atoms with Gasteiger partial charge in [-0.3, -0.25) is 4.79 Å². The lowest BCUT2D eigenvalue weighted by Crippen LogP contribution is -2.15. The number of hydrogen-bond acceptors (Lipinski definition) is 4. The van der Waals surface area contributed by atoms with Crippen molar-refractivity contribution in [3.05, 3.63) is 28.8 Å². The van der Waals surface area contributed by atoms with Crippen molar-refractivity contribution < 1.29 is 19.7 Å². The van der Waals surface area contributed by atoms with E-state index in [-0.39, 0.29) is 11.4 Å². The van der Waals surface area contributed by atoms with Crippen LogP contribution in [0.1, 0.15) is 154 Å². The van der Waals surface area contributed by atoms with E-state index in [1.165, 1.54) is 89.9 Å². The Bertz CT molecular complexity index is 705. The quantitative estimate of drug-likeness (QED) is 0.0783. The maximum absolute atomic E-state index is 12.2. The summed E-state index contributed by atoms with van der Waals surface area (Å²) in [5.74, 6) is 0.380. The molecule has 1 aromatic rings. The molecule has 1 aromatic carbocycles. The molecular formula is C32H56O4. The molecule has 4 nitrogen and oxygen atoms in total. The van der Waals surface area contributed by atoms with E-state index < -0.39 is 0 Å². The van der Waals surface area contributed by atoms with Crippen LogP contribution in [0, 0.1) is 6.92 Å². The third kappa shape index (κ3) is 14.9. The Balaban J connectivity index is 2.02. The molecule has 0 atom stereocenters. The summed E-state index contributed by atoms with van der Waals surface area (Å²) in [7, 11) is 0. The average Bonchev–Trinajstić information content (AvgIpc) is 2.83. The SMILES string of the molecule is CCCCCCCCCCCCCCCCCCOC(=O)CCc1cc(C)c(OO)c(C(C)(C)C)c1. The molecule has 0 amide bonds. The summed E-state index contributed by atoms with van der Waals surface area (Å²) in [5, 5.41) is 9.27. The van der Waals surface area contributed by atoms with Crippen LogP contribution in [0.3, 0.4) is 0 Å². The van der Waals surface area contributed by atoms with Crippen molar-refractivity contribution in [2.45, 2.75) is 156 Å². The monoisotopic (exact) mass is 504 g/mol. The first-order valence-electron chi connectivity index (χ1n) is 14.9. The van der Waals surface area contributed by atoms with Crippen LogP contribution in [-0.2, 0) is 21.4 Å². The standard InChI is InChI=1S/C32H56O4/c1-6-7-8-9-10-11-12-13-14-15-16-17-18-19-20-21-24-35-30(33)23-22-28-25-27(2)31(36-34)29(26-28)32(3,4)5/h25-26,34H,6-24H2,1-5H3. The number of unbranched alkanes of at least 4 members (excludes halogenated alkanes) is 15. The highest BCUT2D eigenvalue weighted by Crippen LogP contribution is 2.35. The van der Waals surface area contributed by atoms with Crippen LogP contribution in [0.2, 0.25) is 0 Å². The summed E-state index contributed by atoms with van der Waals surface area (Å²) < 4.78 is 5.45. The van der Waals surface area contributed by atoms with Gasteiger partial charge in [-0.05, 0) is 36.3 Å². The Morgan fingerprint density at radius 1 is 0.778 bits per heavy atom. The summed E-state index contributed by atoms with van der Waals surface area (Å²) in [5.41, 5.74) is 2.73. The van der Waals surface area contributed by atoms with Crippen molar-refractivity contribution in [1.82, 2.24) is 0 Å². The van der Waals surface area contributed by atoms with Gasteiger partial charge in [0.05, 0.1) is 6.61 Å². The van der Waals surface area contributed by atoms with E-state index in [9.17, 15) is 10.1 Å². The minimum Gasteiger partial charge on any atom is -0.466 e. The molecule has 0 aliphatic rings. The van der Waals surface area contributed by atoms with Gasteiger partial charge in [-0.15, -0.1) is 0 Å². The normalized spacial score (nSPS) is 11.6. The van der Waals surface area contributed by atoms with Gasteiger partial charge in [0.2, 0.25) is 0 Å². The molecule has 0 fully saturated rings. The molecule has 0 aliphatic carbocycles. The Morgan fingerprint density at radius 3 is 1.69 bits per heavy atom. The van der Waals surface area contributed by atoms with Crippen LogP contribution in [0.15, 0.2) is 12.1 Å². The highest BCUT2D eigenvalue weighted by atomic mass is 17.1. The van der Waals surface area contributed by atoms with E-state index in [4.69, 9.17) is 4.74 Å². The number of rotatable bonds is 21. The van der Waals surface area contributed by atoms with E-state index in [0.29, 0.717) is 25.2 Å². The molecule has 0 saturated heterocycles. The number of ether oxygens (including phenoxy) is 1. The highest BCUT2D eigenvalue weighted by molar-refractivity contribution is 5.69. The van der Waals surface area contributed by atoms with E-state index in [0.717, 1.165) is 29.5 Å². The maximum Gasteiger partial charge on any atom is 0.306 e. The average molecular weight is 505 g/mol. The second kappa shape index (κ2) is 19.5. The molecule has 0 heterocycles. The van der Waals surface area contributed by atoms with Crippen molar-refractivity contribution in [1.29, 1.82) is 0 Å². The zero-order valence-corrected chi connectivity index (χ0v) is 24.3. The zero-order chi connectivity index (χ0) is 26.7. The van der Waals surface area contributed by atoms with Crippen molar-refractivity contribution >= 4 is 5.97 Å². The number of aryl methyl sites for hydroxylation is 2. The topological polar surface area (TPSA) is 55.8 Å². The smallest absolute Gasteiger partial charge is 0.306 e. The van der Waals surface area contributed by atoms with Crippen LogP contribution >= 0.6 is 0 Å². The van der Waals surface area contributed by atoms with Crippen LogP contribution in [0.5, 0.6) is 5.75 Å². The molecular weight excluding hydrogens is 448 g/mol. The van der Waals surface area contributed by atoms with Gasteiger partial charge in [-0.25, -0.2) is 5.26 Å². The van der Waals surface area contributed by atoms with Crippen molar-refractivity contribution in [3.8, 4) is 5.75 Å². The molecule has 0 saturated carbocycles. The molecule has 0 aliphatic heterocycles. The van der Waals surface area contributed by atoms with Gasteiger partial charge in [-0.1, -0.05) is 136 Å². The molecule has 0 spiro atoms. The molecule has 1 N–H and O–H groups in total. The second-order valence-corrected chi connectivity index (χ2v) is 11.7. The number of hydrogen-bond donors (Lipinski definition) is 1. The van der Waals surface area contributed by atoms with Gasteiger partial charge < -0.3 is 9.62 Å². The molecule has 4 heteroatoms. The fourth-order valence-corrected chi connectivity index (χ4v) is 4.83. The lowest BCUT2D eigenvalue weighted by atomic mass is 9.83. The van der Waals surface area contributed by atoms with Crippen LogP contribution in [0.4, 0.5) is 0 Å². The lowest BCUT2D eigenvalue weighted by Gasteiger charge is -2.23. The first-order valence-corrected chi connectivity index (χ1v) is 14.9. The summed E-state index contributed by atoms with van der Waals surface area (Å²) in [6.45, 7) is 11.0. The molecule has 208 valence electrons. The Morgan fingerprint density at radius 2 is 1.25 bits per heavy atom. The minimum absolute atomic E-state index is 0.131. The maximum atomic E-state index is 12.2. The summed E-state index contributed by atoms with van der Waals surface area (Å²) >= 11 is 0. The highest BCUT2D eigenvalue weighted by Gasteiger charge is 2.22. The molecule has 0 radical (unpaired) electrons. The van der Waals surface area contributed by atoms with E-state index in [1.54, 1.807) is 0 Å². The predicted molar refractivity (Wildman–Crippen MR) is 152 cm³/mol. The van der Waals surface area contributed by atoms with E-state index in [1.807, 2.05) is 19.1 Å². The Hall–Kier alpha value is -1.55. The van der Waals surface area contributed by atoms with Crippen LogP contribution in [-0.4, -0.2) is 17.8 Å². The zero-order valence-electron chi connectivity index (χ0n) is 24.3. The fraction of sp³-hybridized carbons (Fsp3) is 0.781. The second-order valence-electron chi connectivity index (χ2n) is 11.7. The number of carbonyl (C=O) groups is 1. The minimum atomic E-state index is -0.160. The Labute approximate surface area is 222 Å². The number of carbonyl (C=O) groups excluding carboxylic acids is 1. The molecule has 0 aromatic heterocycles. The van der Waals surface area contributed by atoms with Crippen molar-refractivity contribution in [2.24, 2.45) is 0 Å². The molecule has 1 rings (SSSR count). The molecule has 0 unspecified atom stereocenters. The third-order valence-corrected chi connectivity index (χ3v) is 7.11. The summed E-state index contributed by atoms with van der Waals surface area (Å²) in [4.78, 5) is 16.8. The summed E-state index contributed by atoms with van der Waals surface area (Å²) in [6, 6.07) is 4.01. The van der Waals surface area contributed by atoms with Crippen molar-refractivity contribution in [2.75, 3.05) is 6.61 Å². The lowest BCUT2D eigenvalue weighted by molar-refractivity contribution is -0.143. The van der Waals surface area contributed by atoms with E-state index in [2.05, 4.69) is 32.6 Å². The summed E-state index contributed by atoms with van der Waals surface area (Å²) in [6.07, 6.45) is 22.5. The van der Waals surface area contributed by atoms with Gasteiger partial charge in [0.1, 0.15) is 0 Å². The van der Waals surface area contributed by atoms with Gasteiger partial charge in [-0.2, -0.15) is 0 Å².